The number of carbonyl (C=O) groups excluding carboxylic acids is 2. The molecule has 1 aromatic heterocycles. The number of nitrogens with two attached hydrogens (primary N) is 1. The quantitative estimate of drug-likeness (QED) is 0.448. The number of nitrogens with zero attached hydrogens (tertiary/aromatic N) is 2. The maximum absolute atomic E-state index is 12.5. The molecule has 1 aliphatic rings. The highest BCUT2D eigenvalue weighted by molar-refractivity contribution is 5.93. The van der Waals surface area contributed by atoms with Crippen molar-refractivity contribution < 1.29 is 9.59 Å². The lowest BCUT2D eigenvalue weighted by Crippen LogP contribution is -2.36. The Balaban J connectivity index is 1.25. The van der Waals surface area contributed by atoms with E-state index in [1.54, 1.807) is 12.1 Å². The molecular formula is C24H32N4O2. The average molecular weight is 409 g/mol. The van der Waals surface area contributed by atoms with E-state index in [-0.39, 0.29) is 11.8 Å². The van der Waals surface area contributed by atoms with Crippen LogP contribution in [0.5, 0.6) is 0 Å². The van der Waals surface area contributed by atoms with E-state index in [1.165, 1.54) is 5.69 Å². The van der Waals surface area contributed by atoms with Gasteiger partial charge in [-0.2, -0.15) is 0 Å². The molecule has 0 spiro atoms. The van der Waals surface area contributed by atoms with Gasteiger partial charge in [-0.1, -0.05) is 25.0 Å². The molecule has 3 rings (SSSR count). The van der Waals surface area contributed by atoms with Crippen molar-refractivity contribution >= 4 is 28.8 Å². The summed E-state index contributed by atoms with van der Waals surface area (Å²) >= 11 is 0. The number of aromatic nitrogens is 1. The first-order chi connectivity index (χ1) is 14.6. The number of carbonyl (C=O) groups is 2. The zero-order chi connectivity index (χ0) is 21.2. The van der Waals surface area contributed by atoms with Crippen LogP contribution in [-0.2, 0) is 9.59 Å². The molecule has 2 heterocycles. The standard InChI is InChI=1S/C24H32N4O2/c25-21-7-5-6-8-22(21)27-24(30)10-4-2-1-3-9-23(29)19-13-17-28(18-14-19)20-11-15-26-16-12-20/h5-8,11-12,15-16,19H,1-4,9-10,13-14,17-18,25H2,(H,27,30). The number of para-hydroxylation sites is 2. The first kappa shape index (κ1) is 21.8. The number of unbranched alkanes of at least 4 members (excludes halogenated alkanes) is 3. The van der Waals surface area contributed by atoms with Crippen molar-refractivity contribution in [1.29, 1.82) is 0 Å². The normalized spacial score (nSPS) is 14.5. The van der Waals surface area contributed by atoms with Crippen LogP contribution in [-0.4, -0.2) is 29.8 Å². The zero-order valence-electron chi connectivity index (χ0n) is 17.6. The van der Waals surface area contributed by atoms with E-state index in [4.69, 9.17) is 5.73 Å². The van der Waals surface area contributed by atoms with E-state index in [2.05, 4.69) is 15.2 Å². The molecule has 1 aromatic carbocycles. The summed E-state index contributed by atoms with van der Waals surface area (Å²) in [6.45, 7) is 1.86. The van der Waals surface area contributed by atoms with Gasteiger partial charge in [-0.05, 0) is 49.9 Å². The van der Waals surface area contributed by atoms with Gasteiger partial charge in [-0.15, -0.1) is 0 Å². The number of benzene rings is 1. The summed E-state index contributed by atoms with van der Waals surface area (Å²) in [5.41, 5.74) is 8.28. The average Bonchev–Trinajstić information content (AvgIpc) is 2.78. The Morgan fingerprint density at radius 2 is 1.63 bits per heavy atom. The van der Waals surface area contributed by atoms with Gasteiger partial charge in [0.2, 0.25) is 5.91 Å². The van der Waals surface area contributed by atoms with Gasteiger partial charge in [0.1, 0.15) is 5.78 Å². The van der Waals surface area contributed by atoms with E-state index < -0.39 is 0 Å². The van der Waals surface area contributed by atoms with Crippen molar-refractivity contribution in [3.8, 4) is 0 Å². The number of hydrogen-bond acceptors (Lipinski definition) is 5. The fourth-order valence-electron chi connectivity index (χ4n) is 3.98. The first-order valence-electron chi connectivity index (χ1n) is 11.0. The number of amides is 1. The van der Waals surface area contributed by atoms with Crippen LogP contribution in [0.4, 0.5) is 17.1 Å². The molecule has 0 bridgehead atoms. The van der Waals surface area contributed by atoms with Crippen molar-refractivity contribution in [2.45, 2.75) is 51.4 Å². The zero-order valence-corrected chi connectivity index (χ0v) is 17.6. The summed E-state index contributed by atoms with van der Waals surface area (Å²) in [4.78, 5) is 30.9. The minimum absolute atomic E-state index is 0.00932. The van der Waals surface area contributed by atoms with Crippen LogP contribution in [0.1, 0.15) is 51.4 Å². The number of rotatable bonds is 10. The van der Waals surface area contributed by atoms with Crippen LogP contribution in [0.2, 0.25) is 0 Å². The topological polar surface area (TPSA) is 88.3 Å². The molecule has 1 fully saturated rings. The maximum atomic E-state index is 12.5. The number of pyridine rings is 1. The lowest BCUT2D eigenvalue weighted by atomic mass is 9.89. The maximum Gasteiger partial charge on any atom is 0.224 e. The fourth-order valence-corrected chi connectivity index (χ4v) is 3.98. The van der Waals surface area contributed by atoms with E-state index in [0.29, 0.717) is 30.0 Å². The monoisotopic (exact) mass is 408 g/mol. The van der Waals surface area contributed by atoms with E-state index in [9.17, 15) is 9.59 Å². The van der Waals surface area contributed by atoms with Gasteiger partial charge in [-0.3, -0.25) is 14.6 Å². The Kier molecular flexibility index (Phi) is 8.24. The Morgan fingerprint density at radius 3 is 2.33 bits per heavy atom. The van der Waals surface area contributed by atoms with Gasteiger partial charge >= 0.3 is 0 Å². The summed E-state index contributed by atoms with van der Waals surface area (Å²) < 4.78 is 0. The van der Waals surface area contributed by atoms with Crippen LogP contribution in [0.25, 0.3) is 0 Å². The molecule has 30 heavy (non-hydrogen) atoms. The molecule has 3 N–H and O–H groups in total. The van der Waals surface area contributed by atoms with Crippen molar-refractivity contribution in [2.24, 2.45) is 5.92 Å². The minimum Gasteiger partial charge on any atom is -0.397 e. The lowest BCUT2D eigenvalue weighted by Gasteiger charge is -2.33. The molecule has 1 saturated heterocycles. The highest BCUT2D eigenvalue weighted by Gasteiger charge is 2.24. The van der Waals surface area contributed by atoms with Gasteiger partial charge in [0.15, 0.2) is 0 Å². The fraction of sp³-hybridized carbons (Fsp3) is 0.458. The Labute approximate surface area is 178 Å². The summed E-state index contributed by atoms with van der Waals surface area (Å²) in [6.07, 6.45) is 10.3. The highest BCUT2D eigenvalue weighted by atomic mass is 16.1. The van der Waals surface area contributed by atoms with Gasteiger partial charge < -0.3 is 16.0 Å². The van der Waals surface area contributed by atoms with Crippen LogP contribution < -0.4 is 16.0 Å². The number of hydrogen-bond donors (Lipinski definition) is 2. The molecule has 0 radical (unpaired) electrons. The second-order valence-electron chi connectivity index (χ2n) is 7.98. The van der Waals surface area contributed by atoms with E-state index in [0.717, 1.165) is 51.6 Å². The summed E-state index contributed by atoms with van der Waals surface area (Å²) in [7, 11) is 0. The number of nitrogen functional groups attached to an aromatic ring is 1. The van der Waals surface area contributed by atoms with Crippen molar-refractivity contribution in [3.63, 3.8) is 0 Å². The molecule has 1 aliphatic heterocycles. The first-order valence-corrected chi connectivity index (χ1v) is 11.0. The molecule has 0 saturated carbocycles. The minimum atomic E-state index is -0.00932. The second-order valence-corrected chi connectivity index (χ2v) is 7.98. The third-order valence-electron chi connectivity index (χ3n) is 5.79. The van der Waals surface area contributed by atoms with Crippen molar-refractivity contribution in [1.82, 2.24) is 4.98 Å². The number of piperidine rings is 1. The smallest absolute Gasteiger partial charge is 0.224 e. The molecule has 0 aliphatic carbocycles. The largest absolute Gasteiger partial charge is 0.397 e. The predicted octanol–water partition coefficient (Wildman–Crippen LogP) is 4.43. The lowest BCUT2D eigenvalue weighted by molar-refractivity contribution is -0.123. The van der Waals surface area contributed by atoms with Crippen molar-refractivity contribution in [3.05, 3.63) is 48.8 Å². The number of anilines is 3. The highest BCUT2D eigenvalue weighted by Crippen LogP contribution is 2.25. The number of ketones is 1. The number of Topliss-reactive ketones (excluding diaryl/α,β-unsaturated/α-hetero) is 1. The SMILES string of the molecule is Nc1ccccc1NC(=O)CCCCCCC(=O)C1CCN(c2ccncc2)CC1. The van der Waals surface area contributed by atoms with Crippen LogP contribution in [0, 0.1) is 5.92 Å². The van der Waals surface area contributed by atoms with Crippen LogP contribution >= 0.6 is 0 Å². The Hall–Kier alpha value is -2.89. The van der Waals surface area contributed by atoms with Crippen LogP contribution in [0.3, 0.4) is 0 Å². The summed E-state index contributed by atoms with van der Waals surface area (Å²) in [5, 5.41) is 2.85. The predicted molar refractivity (Wildman–Crippen MR) is 121 cm³/mol. The second kappa shape index (κ2) is 11.3. The third kappa shape index (κ3) is 6.58. The van der Waals surface area contributed by atoms with E-state index in [1.807, 2.05) is 36.7 Å². The molecule has 6 heteroatoms. The van der Waals surface area contributed by atoms with E-state index >= 15 is 0 Å². The Morgan fingerprint density at radius 1 is 0.967 bits per heavy atom. The summed E-state index contributed by atoms with van der Waals surface area (Å²) in [6, 6.07) is 11.3. The summed E-state index contributed by atoms with van der Waals surface area (Å²) in [5.74, 6) is 0.594. The molecule has 6 nitrogen and oxygen atoms in total. The van der Waals surface area contributed by atoms with Gasteiger partial charge in [0.25, 0.3) is 0 Å². The molecule has 1 amide bonds. The molecule has 0 atom stereocenters. The Bertz CT molecular complexity index is 817. The molecule has 160 valence electrons. The van der Waals surface area contributed by atoms with Gasteiger partial charge in [0.05, 0.1) is 11.4 Å². The molecular weight excluding hydrogens is 376 g/mol. The molecule has 0 unspecified atom stereocenters. The van der Waals surface area contributed by atoms with Gasteiger partial charge in [0, 0.05) is 49.9 Å². The van der Waals surface area contributed by atoms with Crippen LogP contribution in [0.15, 0.2) is 48.8 Å². The van der Waals surface area contributed by atoms with Gasteiger partial charge in [-0.25, -0.2) is 0 Å². The van der Waals surface area contributed by atoms with Crippen molar-refractivity contribution in [2.75, 3.05) is 29.0 Å². The number of nitrogens with one attached hydrogen (secondary N) is 1. The third-order valence-corrected chi connectivity index (χ3v) is 5.79. The molecule has 2 aromatic rings.